The van der Waals surface area contributed by atoms with Crippen LogP contribution >= 0.6 is 0 Å². The van der Waals surface area contributed by atoms with Gasteiger partial charge in [-0.1, -0.05) is 12.1 Å². The Kier molecular flexibility index (Phi) is 11.6. The number of benzene rings is 2. The number of methoxy groups -OCH3 is 2. The Labute approximate surface area is 249 Å². The fourth-order valence-electron chi connectivity index (χ4n) is 5.73. The second-order valence-electron chi connectivity index (χ2n) is 11.6. The van der Waals surface area contributed by atoms with Gasteiger partial charge in [0.25, 0.3) is 5.91 Å². The van der Waals surface area contributed by atoms with E-state index < -0.39 is 0 Å². The monoisotopic (exact) mass is 583 g/mol. The SMILES string of the molecule is COCCCOc1cc(C(=O)N(C(C)C)C2CCC(CCN(C(=O)Cc3ccc(F)cc3)C3CC3)NC2)ccc1OC. The summed E-state index contributed by atoms with van der Waals surface area (Å²) in [5.41, 5.74) is 1.42. The predicted octanol–water partition coefficient (Wildman–Crippen LogP) is 4.84. The second kappa shape index (κ2) is 15.3. The van der Waals surface area contributed by atoms with E-state index in [2.05, 4.69) is 19.2 Å². The summed E-state index contributed by atoms with van der Waals surface area (Å²) in [4.78, 5) is 30.8. The standard InChI is InChI=1S/C33H46FN3O5/c1-23(2)37(33(39)25-8-15-30(41-4)31(21-25)42-19-5-18-40-3)29-12-11-27(35-22-29)16-17-36(28-13-14-28)32(38)20-24-6-9-26(34)10-7-24/h6-10,15,21,23,27-29,35H,5,11-14,16-20,22H2,1-4H3. The molecule has 2 unspecified atom stereocenters. The summed E-state index contributed by atoms with van der Waals surface area (Å²) >= 11 is 0. The molecular formula is C33H46FN3O5. The number of carbonyl (C=O) groups is 2. The fourth-order valence-corrected chi connectivity index (χ4v) is 5.73. The number of ether oxygens (including phenoxy) is 3. The molecule has 1 N–H and O–H groups in total. The quantitative estimate of drug-likeness (QED) is 0.302. The van der Waals surface area contributed by atoms with Crippen LogP contribution in [-0.4, -0.2) is 86.3 Å². The van der Waals surface area contributed by atoms with Crippen LogP contribution in [0.4, 0.5) is 4.39 Å². The third-order valence-corrected chi connectivity index (χ3v) is 8.13. The van der Waals surface area contributed by atoms with Crippen LogP contribution in [0.2, 0.25) is 0 Å². The van der Waals surface area contributed by atoms with Gasteiger partial charge in [-0.3, -0.25) is 9.59 Å². The molecule has 2 atom stereocenters. The Morgan fingerprint density at radius 3 is 2.33 bits per heavy atom. The summed E-state index contributed by atoms with van der Waals surface area (Å²) in [6.07, 6.45) is 5.83. The van der Waals surface area contributed by atoms with Crippen molar-refractivity contribution in [1.82, 2.24) is 15.1 Å². The molecule has 1 saturated heterocycles. The number of piperidine rings is 1. The van der Waals surface area contributed by atoms with Crippen LogP contribution in [0.1, 0.15) is 68.3 Å². The third-order valence-electron chi connectivity index (χ3n) is 8.13. The number of hydrogen-bond donors (Lipinski definition) is 1. The molecule has 0 radical (unpaired) electrons. The third kappa shape index (κ3) is 8.67. The lowest BCUT2D eigenvalue weighted by Gasteiger charge is -2.40. The lowest BCUT2D eigenvalue weighted by molar-refractivity contribution is -0.131. The van der Waals surface area contributed by atoms with Gasteiger partial charge >= 0.3 is 0 Å². The zero-order chi connectivity index (χ0) is 30.1. The van der Waals surface area contributed by atoms with E-state index >= 15 is 0 Å². The van der Waals surface area contributed by atoms with Crippen LogP contribution in [0.5, 0.6) is 11.5 Å². The zero-order valence-corrected chi connectivity index (χ0v) is 25.4. The van der Waals surface area contributed by atoms with E-state index in [0.717, 1.165) is 44.1 Å². The Morgan fingerprint density at radius 1 is 0.976 bits per heavy atom. The Morgan fingerprint density at radius 2 is 1.71 bits per heavy atom. The van der Waals surface area contributed by atoms with Crippen LogP contribution in [0.3, 0.4) is 0 Å². The highest BCUT2D eigenvalue weighted by atomic mass is 19.1. The minimum Gasteiger partial charge on any atom is -0.493 e. The van der Waals surface area contributed by atoms with E-state index in [1.54, 1.807) is 44.6 Å². The molecule has 2 fully saturated rings. The average Bonchev–Trinajstić information content (AvgIpc) is 3.82. The van der Waals surface area contributed by atoms with Crippen molar-refractivity contribution in [2.75, 3.05) is 40.5 Å². The van der Waals surface area contributed by atoms with Crippen LogP contribution < -0.4 is 14.8 Å². The first kappa shape index (κ1) is 31.8. The van der Waals surface area contributed by atoms with Crippen molar-refractivity contribution in [1.29, 1.82) is 0 Å². The topological polar surface area (TPSA) is 80.3 Å². The minimum absolute atomic E-state index is 0.0223. The van der Waals surface area contributed by atoms with Crippen molar-refractivity contribution in [3.05, 3.63) is 59.4 Å². The number of hydrogen-bond acceptors (Lipinski definition) is 6. The summed E-state index contributed by atoms with van der Waals surface area (Å²) in [5, 5.41) is 3.66. The number of halogens is 1. The van der Waals surface area contributed by atoms with Gasteiger partial charge in [-0.2, -0.15) is 0 Å². The molecule has 9 heteroatoms. The van der Waals surface area contributed by atoms with Crippen LogP contribution in [0.15, 0.2) is 42.5 Å². The molecule has 2 aromatic carbocycles. The van der Waals surface area contributed by atoms with Crippen molar-refractivity contribution in [3.63, 3.8) is 0 Å². The Bertz CT molecular complexity index is 1160. The van der Waals surface area contributed by atoms with Crippen molar-refractivity contribution in [2.24, 2.45) is 0 Å². The number of carbonyl (C=O) groups excluding carboxylic acids is 2. The van der Waals surface area contributed by atoms with Crippen LogP contribution in [0.25, 0.3) is 0 Å². The second-order valence-corrected chi connectivity index (χ2v) is 11.6. The molecule has 0 bridgehead atoms. The molecule has 1 aliphatic heterocycles. The fraction of sp³-hybridized carbons (Fsp3) is 0.576. The first-order chi connectivity index (χ1) is 20.3. The van der Waals surface area contributed by atoms with Gasteiger partial charge in [-0.05, 0) is 81.8 Å². The maximum Gasteiger partial charge on any atom is 0.254 e. The minimum atomic E-state index is -0.291. The van der Waals surface area contributed by atoms with E-state index in [-0.39, 0.29) is 29.7 Å². The molecule has 0 spiro atoms. The first-order valence-electron chi connectivity index (χ1n) is 15.2. The van der Waals surface area contributed by atoms with Crippen molar-refractivity contribution in [2.45, 2.75) is 83.0 Å². The largest absolute Gasteiger partial charge is 0.493 e. The van der Waals surface area contributed by atoms with Gasteiger partial charge < -0.3 is 29.3 Å². The summed E-state index contributed by atoms with van der Waals surface area (Å²) in [7, 11) is 3.25. The van der Waals surface area contributed by atoms with E-state index in [4.69, 9.17) is 14.2 Å². The van der Waals surface area contributed by atoms with E-state index in [0.29, 0.717) is 61.9 Å². The predicted molar refractivity (Wildman–Crippen MR) is 161 cm³/mol. The molecule has 2 aliphatic rings. The first-order valence-corrected chi connectivity index (χ1v) is 15.2. The molecule has 8 nitrogen and oxygen atoms in total. The molecule has 0 aromatic heterocycles. The molecule has 1 aliphatic carbocycles. The van der Waals surface area contributed by atoms with Gasteiger partial charge in [0.05, 0.1) is 20.1 Å². The molecule has 4 rings (SSSR count). The lowest BCUT2D eigenvalue weighted by atomic mass is 9.95. The number of nitrogens with zero attached hydrogens (tertiary/aromatic N) is 2. The normalized spacial score (nSPS) is 18.5. The van der Waals surface area contributed by atoms with E-state index in [1.165, 1.54) is 12.1 Å². The van der Waals surface area contributed by atoms with Gasteiger partial charge in [0.1, 0.15) is 5.82 Å². The van der Waals surface area contributed by atoms with Crippen molar-refractivity contribution in [3.8, 4) is 11.5 Å². The average molecular weight is 584 g/mol. The van der Waals surface area contributed by atoms with Crippen molar-refractivity contribution < 1.29 is 28.2 Å². The van der Waals surface area contributed by atoms with Crippen LogP contribution in [-0.2, 0) is 16.0 Å². The summed E-state index contributed by atoms with van der Waals surface area (Å²) < 4.78 is 29.7. The molecule has 2 amide bonds. The van der Waals surface area contributed by atoms with Gasteiger partial charge in [0, 0.05) is 63.0 Å². The maximum absolute atomic E-state index is 13.8. The molecule has 2 aromatic rings. The Hall–Kier alpha value is -3.17. The summed E-state index contributed by atoms with van der Waals surface area (Å²) in [6, 6.07) is 12.3. The highest BCUT2D eigenvalue weighted by Crippen LogP contribution is 2.31. The summed E-state index contributed by atoms with van der Waals surface area (Å²) in [6.45, 7) is 6.59. The van der Waals surface area contributed by atoms with E-state index in [9.17, 15) is 14.0 Å². The molecule has 1 saturated carbocycles. The highest BCUT2D eigenvalue weighted by molar-refractivity contribution is 5.95. The van der Waals surface area contributed by atoms with Gasteiger partial charge in [-0.25, -0.2) is 4.39 Å². The zero-order valence-electron chi connectivity index (χ0n) is 25.4. The summed E-state index contributed by atoms with van der Waals surface area (Å²) in [5.74, 6) is 0.945. The van der Waals surface area contributed by atoms with Gasteiger partial charge in [-0.15, -0.1) is 0 Å². The molecule has 230 valence electrons. The lowest BCUT2D eigenvalue weighted by Crippen LogP contribution is -2.54. The van der Waals surface area contributed by atoms with Crippen molar-refractivity contribution >= 4 is 11.8 Å². The molecule has 1 heterocycles. The van der Waals surface area contributed by atoms with Gasteiger partial charge in [0.2, 0.25) is 5.91 Å². The molecule has 42 heavy (non-hydrogen) atoms. The maximum atomic E-state index is 13.8. The Balaban J connectivity index is 1.32. The highest BCUT2D eigenvalue weighted by Gasteiger charge is 2.34. The number of amides is 2. The smallest absolute Gasteiger partial charge is 0.254 e. The molecular weight excluding hydrogens is 537 g/mol. The number of nitrogens with one attached hydrogen (secondary N) is 1. The number of rotatable bonds is 15. The van der Waals surface area contributed by atoms with E-state index in [1.807, 2.05) is 9.80 Å². The van der Waals surface area contributed by atoms with Crippen LogP contribution in [0, 0.1) is 5.82 Å². The van der Waals surface area contributed by atoms with Gasteiger partial charge in [0.15, 0.2) is 11.5 Å².